The van der Waals surface area contributed by atoms with Gasteiger partial charge in [-0.2, -0.15) is 0 Å². The fraction of sp³-hybridized carbons (Fsp3) is 0.259. The number of amides is 2. The summed E-state index contributed by atoms with van der Waals surface area (Å²) in [5, 5.41) is 5.99. The molecule has 0 aliphatic rings. The van der Waals surface area contributed by atoms with Gasteiger partial charge in [0.15, 0.2) is 0 Å². The summed E-state index contributed by atoms with van der Waals surface area (Å²) in [4.78, 5) is 27.1. The second-order valence-electron chi connectivity index (χ2n) is 7.56. The predicted molar refractivity (Wildman–Crippen MR) is 134 cm³/mol. The van der Waals surface area contributed by atoms with Gasteiger partial charge in [0.05, 0.1) is 18.8 Å². The van der Waals surface area contributed by atoms with Gasteiger partial charge >= 0.3 is 0 Å². The molecule has 6 nitrogen and oxygen atoms in total. The number of hydrogen-bond donors (Lipinski definition) is 2. The standard InChI is InChI=1S/C27H31N3O3/c1-3-5-19-33-25-14-10-9-13-24(25)28-20-26(31)29-22-17-15-21(16-18-22)27(32)30(4-2)23-11-7-6-8-12-23/h6-18,28H,3-5,19-20H2,1-2H3,(H,29,31). The maximum atomic E-state index is 12.9. The number of nitrogens with one attached hydrogen (secondary N) is 2. The Hall–Kier alpha value is -3.80. The number of unbranched alkanes of at least 4 members (excludes halogenated alkanes) is 1. The zero-order chi connectivity index (χ0) is 23.5. The highest BCUT2D eigenvalue weighted by Crippen LogP contribution is 2.24. The van der Waals surface area contributed by atoms with Crippen LogP contribution < -0.4 is 20.3 Å². The molecule has 0 saturated carbocycles. The lowest BCUT2D eigenvalue weighted by Gasteiger charge is -2.21. The van der Waals surface area contributed by atoms with E-state index >= 15 is 0 Å². The maximum Gasteiger partial charge on any atom is 0.258 e. The summed E-state index contributed by atoms with van der Waals surface area (Å²) < 4.78 is 5.79. The smallest absolute Gasteiger partial charge is 0.258 e. The second kappa shape index (κ2) is 12.3. The van der Waals surface area contributed by atoms with Gasteiger partial charge in [-0.1, -0.05) is 43.7 Å². The third-order valence-electron chi connectivity index (χ3n) is 5.13. The second-order valence-corrected chi connectivity index (χ2v) is 7.56. The molecule has 172 valence electrons. The molecule has 0 fully saturated rings. The number of ether oxygens (including phenoxy) is 1. The molecular formula is C27H31N3O3. The molecule has 0 bridgehead atoms. The first-order valence-corrected chi connectivity index (χ1v) is 11.3. The van der Waals surface area contributed by atoms with Gasteiger partial charge in [-0.3, -0.25) is 9.59 Å². The lowest BCUT2D eigenvalue weighted by Crippen LogP contribution is -2.30. The van der Waals surface area contributed by atoms with Gasteiger partial charge in [0.1, 0.15) is 5.75 Å². The minimum atomic E-state index is -0.183. The highest BCUT2D eigenvalue weighted by Gasteiger charge is 2.16. The highest BCUT2D eigenvalue weighted by molar-refractivity contribution is 6.06. The SMILES string of the molecule is CCCCOc1ccccc1NCC(=O)Nc1ccc(C(=O)N(CC)c2ccccc2)cc1. The number of anilines is 3. The molecule has 0 radical (unpaired) electrons. The van der Waals surface area contributed by atoms with Crippen molar-refractivity contribution in [2.45, 2.75) is 26.7 Å². The first-order chi connectivity index (χ1) is 16.1. The van der Waals surface area contributed by atoms with Gasteiger partial charge in [-0.25, -0.2) is 0 Å². The van der Waals surface area contributed by atoms with Crippen molar-refractivity contribution >= 4 is 28.9 Å². The van der Waals surface area contributed by atoms with Crippen molar-refractivity contribution in [2.75, 3.05) is 35.2 Å². The lowest BCUT2D eigenvalue weighted by atomic mass is 10.1. The van der Waals surface area contributed by atoms with Crippen molar-refractivity contribution < 1.29 is 14.3 Å². The van der Waals surface area contributed by atoms with E-state index in [1.54, 1.807) is 29.2 Å². The number of nitrogens with zero attached hydrogens (tertiary/aromatic N) is 1. The molecule has 2 amide bonds. The average Bonchev–Trinajstić information content (AvgIpc) is 2.85. The molecule has 3 aromatic rings. The Balaban J connectivity index is 1.56. The quantitative estimate of drug-likeness (QED) is 0.378. The molecule has 6 heteroatoms. The summed E-state index contributed by atoms with van der Waals surface area (Å²) in [6, 6.07) is 24.1. The zero-order valence-corrected chi connectivity index (χ0v) is 19.2. The first kappa shape index (κ1) is 23.9. The maximum absolute atomic E-state index is 12.9. The average molecular weight is 446 g/mol. The normalized spacial score (nSPS) is 10.4. The van der Waals surface area contributed by atoms with Gasteiger partial charge in [-0.15, -0.1) is 0 Å². The minimum absolute atomic E-state index is 0.0806. The Morgan fingerprint density at radius 2 is 1.58 bits per heavy atom. The topological polar surface area (TPSA) is 70.7 Å². The van der Waals surface area contributed by atoms with Crippen LogP contribution in [0.15, 0.2) is 78.9 Å². The minimum Gasteiger partial charge on any atom is -0.491 e. The summed E-state index contributed by atoms with van der Waals surface area (Å²) in [7, 11) is 0. The van der Waals surface area contributed by atoms with Crippen molar-refractivity contribution in [1.29, 1.82) is 0 Å². The molecule has 0 aliphatic carbocycles. The van der Waals surface area contributed by atoms with Crippen LogP contribution in [-0.4, -0.2) is 31.5 Å². The summed E-state index contributed by atoms with van der Waals surface area (Å²) >= 11 is 0. The van der Waals surface area contributed by atoms with Crippen LogP contribution in [0, 0.1) is 0 Å². The summed E-state index contributed by atoms with van der Waals surface area (Å²) in [5.74, 6) is 0.473. The summed E-state index contributed by atoms with van der Waals surface area (Å²) in [6.07, 6.45) is 2.04. The van der Waals surface area contributed by atoms with Crippen LogP contribution in [0.4, 0.5) is 17.1 Å². The fourth-order valence-corrected chi connectivity index (χ4v) is 3.35. The van der Waals surface area contributed by atoms with Gasteiger partial charge in [0.2, 0.25) is 5.91 Å². The molecule has 3 rings (SSSR count). The van der Waals surface area contributed by atoms with E-state index < -0.39 is 0 Å². The van der Waals surface area contributed by atoms with Gasteiger partial charge in [0.25, 0.3) is 5.91 Å². The van der Waals surface area contributed by atoms with E-state index in [0.29, 0.717) is 24.4 Å². The Kier molecular flexibility index (Phi) is 8.88. The van der Waals surface area contributed by atoms with Crippen LogP contribution in [0.5, 0.6) is 5.75 Å². The number of carbonyl (C=O) groups excluding carboxylic acids is 2. The van der Waals surface area contributed by atoms with Crippen molar-refractivity contribution in [3.63, 3.8) is 0 Å². The highest BCUT2D eigenvalue weighted by atomic mass is 16.5. The largest absolute Gasteiger partial charge is 0.491 e. The third kappa shape index (κ3) is 6.84. The number of para-hydroxylation sites is 3. The molecule has 3 aromatic carbocycles. The predicted octanol–water partition coefficient (Wildman–Crippen LogP) is 5.58. The zero-order valence-electron chi connectivity index (χ0n) is 19.2. The van der Waals surface area contributed by atoms with Crippen molar-refractivity contribution in [1.82, 2.24) is 0 Å². The molecule has 0 unspecified atom stereocenters. The van der Waals surface area contributed by atoms with E-state index in [0.717, 1.165) is 30.0 Å². The molecule has 0 aromatic heterocycles. The van der Waals surface area contributed by atoms with E-state index in [1.165, 1.54) is 0 Å². The van der Waals surface area contributed by atoms with Crippen molar-refractivity contribution in [3.05, 3.63) is 84.4 Å². The lowest BCUT2D eigenvalue weighted by molar-refractivity contribution is -0.114. The molecular weight excluding hydrogens is 414 g/mol. The molecule has 0 atom stereocenters. The molecule has 0 saturated heterocycles. The van der Waals surface area contributed by atoms with Gasteiger partial charge in [0, 0.05) is 23.5 Å². The Morgan fingerprint density at radius 1 is 0.879 bits per heavy atom. The van der Waals surface area contributed by atoms with Crippen LogP contribution in [0.3, 0.4) is 0 Å². The number of carbonyl (C=O) groups is 2. The van der Waals surface area contributed by atoms with Crippen LogP contribution in [0.25, 0.3) is 0 Å². The van der Waals surface area contributed by atoms with Crippen LogP contribution >= 0.6 is 0 Å². The molecule has 0 aliphatic heterocycles. The van der Waals surface area contributed by atoms with E-state index in [4.69, 9.17) is 4.74 Å². The third-order valence-corrected chi connectivity index (χ3v) is 5.13. The van der Waals surface area contributed by atoms with Crippen molar-refractivity contribution in [2.24, 2.45) is 0 Å². The molecule has 0 spiro atoms. The molecule has 33 heavy (non-hydrogen) atoms. The van der Waals surface area contributed by atoms with Gasteiger partial charge < -0.3 is 20.3 Å². The van der Waals surface area contributed by atoms with Crippen molar-refractivity contribution in [3.8, 4) is 5.75 Å². The van der Waals surface area contributed by atoms with E-state index in [2.05, 4.69) is 17.6 Å². The summed E-state index contributed by atoms with van der Waals surface area (Å²) in [5.41, 5.74) is 2.83. The van der Waals surface area contributed by atoms with E-state index in [1.807, 2.05) is 61.5 Å². The van der Waals surface area contributed by atoms with E-state index in [9.17, 15) is 9.59 Å². The number of rotatable bonds is 11. The van der Waals surface area contributed by atoms with Crippen LogP contribution in [-0.2, 0) is 4.79 Å². The Labute approximate surface area is 195 Å². The van der Waals surface area contributed by atoms with Crippen LogP contribution in [0.2, 0.25) is 0 Å². The molecule has 0 heterocycles. The fourth-order valence-electron chi connectivity index (χ4n) is 3.35. The van der Waals surface area contributed by atoms with Gasteiger partial charge in [-0.05, 0) is 61.9 Å². The Bertz CT molecular complexity index is 1040. The first-order valence-electron chi connectivity index (χ1n) is 11.3. The number of benzene rings is 3. The number of hydrogen-bond acceptors (Lipinski definition) is 4. The Morgan fingerprint density at radius 3 is 2.27 bits per heavy atom. The van der Waals surface area contributed by atoms with Crippen LogP contribution in [0.1, 0.15) is 37.0 Å². The van der Waals surface area contributed by atoms with E-state index in [-0.39, 0.29) is 18.4 Å². The summed E-state index contributed by atoms with van der Waals surface area (Å²) in [6.45, 7) is 5.37. The monoisotopic (exact) mass is 445 g/mol. The molecule has 2 N–H and O–H groups in total.